The van der Waals surface area contributed by atoms with Crippen molar-refractivity contribution in [2.24, 2.45) is 0 Å². The number of aromatic nitrogens is 4. The van der Waals surface area contributed by atoms with Crippen molar-refractivity contribution in [1.29, 1.82) is 0 Å². The molecule has 1 aliphatic heterocycles. The highest BCUT2D eigenvalue weighted by Crippen LogP contribution is 2.24. The van der Waals surface area contributed by atoms with Crippen molar-refractivity contribution < 1.29 is 9.32 Å². The molecular formula is C22H27N7O2. The number of carbonyl (C=O) groups is 1. The molecule has 3 heterocycles. The van der Waals surface area contributed by atoms with E-state index in [1.54, 1.807) is 12.1 Å². The number of carbonyl (C=O) groups excluding carboxylic acids is 1. The Morgan fingerprint density at radius 1 is 1.03 bits per heavy atom. The van der Waals surface area contributed by atoms with Crippen molar-refractivity contribution in [2.45, 2.75) is 19.9 Å². The number of nitrogens with zero attached hydrogens (tertiary/aromatic N) is 7. The predicted octanol–water partition coefficient (Wildman–Crippen LogP) is 2.42. The predicted molar refractivity (Wildman–Crippen MR) is 117 cm³/mol. The van der Waals surface area contributed by atoms with Gasteiger partial charge in [-0.3, -0.25) is 9.69 Å². The van der Waals surface area contributed by atoms with Crippen molar-refractivity contribution >= 4 is 11.7 Å². The lowest BCUT2D eigenvalue weighted by Gasteiger charge is -2.36. The van der Waals surface area contributed by atoms with Gasteiger partial charge < -0.3 is 14.3 Å². The molecule has 0 spiro atoms. The number of piperazine rings is 1. The zero-order chi connectivity index (χ0) is 22.0. The van der Waals surface area contributed by atoms with Gasteiger partial charge in [0.25, 0.3) is 5.91 Å². The maximum atomic E-state index is 12.8. The van der Waals surface area contributed by atoms with E-state index < -0.39 is 0 Å². The first-order chi connectivity index (χ1) is 14.9. The van der Waals surface area contributed by atoms with Crippen LogP contribution in [0.5, 0.6) is 0 Å². The smallest absolute Gasteiger partial charge is 0.274 e. The Kier molecular flexibility index (Phi) is 5.94. The van der Waals surface area contributed by atoms with Crippen molar-refractivity contribution in [3.05, 3.63) is 53.5 Å². The van der Waals surface area contributed by atoms with Crippen LogP contribution in [0, 0.1) is 6.92 Å². The van der Waals surface area contributed by atoms with Crippen LogP contribution < -0.4 is 4.90 Å². The minimum absolute atomic E-state index is 0.0249. The van der Waals surface area contributed by atoms with Crippen LogP contribution in [0.3, 0.4) is 0 Å². The van der Waals surface area contributed by atoms with Gasteiger partial charge in [0.1, 0.15) is 0 Å². The summed E-state index contributed by atoms with van der Waals surface area (Å²) in [6.07, 6.45) is 0. The van der Waals surface area contributed by atoms with Crippen molar-refractivity contribution in [2.75, 3.05) is 45.2 Å². The number of rotatable bonds is 5. The second kappa shape index (κ2) is 8.81. The SMILES string of the molecule is Cc1ccc(-c2noc(C(C)N3CCN(C(=O)c4ccc(N(C)C)nn4)CC3)n2)cc1. The molecule has 9 nitrogen and oxygen atoms in total. The first-order valence-electron chi connectivity index (χ1n) is 10.4. The molecule has 1 fully saturated rings. The fraction of sp³-hybridized carbons (Fsp3) is 0.409. The lowest BCUT2D eigenvalue weighted by Crippen LogP contribution is -2.49. The summed E-state index contributed by atoms with van der Waals surface area (Å²) in [6.45, 7) is 6.76. The summed E-state index contributed by atoms with van der Waals surface area (Å²) in [6, 6.07) is 11.6. The molecule has 1 aliphatic rings. The normalized spacial score (nSPS) is 15.7. The Hall–Kier alpha value is -3.33. The zero-order valence-corrected chi connectivity index (χ0v) is 18.3. The summed E-state index contributed by atoms with van der Waals surface area (Å²) in [4.78, 5) is 23.3. The summed E-state index contributed by atoms with van der Waals surface area (Å²) >= 11 is 0. The average molecular weight is 422 g/mol. The lowest BCUT2D eigenvalue weighted by molar-refractivity contribution is 0.0545. The molecular weight excluding hydrogens is 394 g/mol. The molecule has 3 aromatic rings. The van der Waals surface area contributed by atoms with E-state index in [0.717, 1.165) is 24.5 Å². The van der Waals surface area contributed by atoms with E-state index in [2.05, 4.69) is 32.2 Å². The number of amides is 1. The van der Waals surface area contributed by atoms with E-state index >= 15 is 0 Å². The van der Waals surface area contributed by atoms with Gasteiger partial charge in [-0.1, -0.05) is 35.0 Å². The minimum Gasteiger partial charge on any atom is -0.361 e. The summed E-state index contributed by atoms with van der Waals surface area (Å²) < 4.78 is 5.53. The number of hydrogen-bond acceptors (Lipinski definition) is 8. The quantitative estimate of drug-likeness (QED) is 0.620. The monoisotopic (exact) mass is 421 g/mol. The van der Waals surface area contributed by atoms with Crippen molar-refractivity contribution in [3.63, 3.8) is 0 Å². The van der Waals surface area contributed by atoms with E-state index in [1.165, 1.54) is 5.56 Å². The van der Waals surface area contributed by atoms with E-state index in [1.807, 2.05) is 55.1 Å². The van der Waals surface area contributed by atoms with Gasteiger partial charge in [-0.15, -0.1) is 10.2 Å². The van der Waals surface area contributed by atoms with Crippen molar-refractivity contribution in [3.8, 4) is 11.4 Å². The number of benzene rings is 1. The Morgan fingerprint density at radius 2 is 1.74 bits per heavy atom. The third kappa shape index (κ3) is 4.56. The van der Waals surface area contributed by atoms with Gasteiger partial charge in [0.15, 0.2) is 11.5 Å². The molecule has 0 aliphatic carbocycles. The summed E-state index contributed by atoms with van der Waals surface area (Å²) in [5, 5.41) is 12.3. The zero-order valence-electron chi connectivity index (χ0n) is 18.3. The maximum absolute atomic E-state index is 12.8. The molecule has 2 aromatic heterocycles. The van der Waals surface area contributed by atoms with Crippen LogP contribution >= 0.6 is 0 Å². The van der Waals surface area contributed by atoms with Gasteiger partial charge in [-0.2, -0.15) is 4.98 Å². The third-order valence-corrected chi connectivity index (χ3v) is 5.59. The molecule has 31 heavy (non-hydrogen) atoms. The molecule has 1 saturated heterocycles. The highest BCUT2D eigenvalue weighted by atomic mass is 16.5. The largest absolute Gasteiger partial charge is 0.361 e. The summed E-state index contributed by atoms with van der Waals surface area (Å²) in [5.74, 6) is 1.81. The number of aryl methyl sites for hydroxylation is 1. The first kappa shape index (κ1) is 20.9. The van der Waals surface area contributed by atoms with Gasteiger partial charge in [0, 0.05) is 45.8 Å². The van der Waals surface area contributed by atoms with Gasteiger partial charge >= 0.3 is 0 Å². The van der Waals surface area contributed by atoms with Gasteiger partial charge in [0.05, 0.1) is 6.04 Å². The van der Waals surface area contributed by atoms with Gasteiger partial charge in [-0.05, 0) is 26.0 Å². The molecule has 4 rings (SSSR count). The molecule has 0 bridgehead atoms. The maximum Gasteiger partial charge on any atom is 0.274 e. The topological polar surface area (TPSA) is 91.5 Å². The molecule has 162 valence electrons. The fourth-order valence-electron chi connectivity index (χ4n) is 3.53. The highest BCUT2D eigenvalue weighted by molar-refractivity contribution is 5.92. The van der Waals surface area contributed by atoms with Crippen LogP contribution in [0.15, 0.2) is 40.9 Å². The van der Waals surface area contributed by atoms with Crippen LogP contribution in [0.25, 0.3) is 11.4 Å². The Morgan fingerprint density at radius 3 is 2.35 bits per heavy atom. The Bertz CT molecular complexity index is 1020. The second-order valence-corrected chi connectivity index (χ2v) is 8.00. The molecule has 1 amide bonds. The molecule has 0 saturated carbocycles. The van der Waals surface area contributed by atoms with E-state index in [4.69, 9.17) is 4.52 Å². The van der Waals surface area contributed by atoms with Crippen LogP contribution in [0.1, 0.15) is 34.9 Å². The standard InChI is InChI=1S/C22H27N7O2/c1-15-5-7-17(8-6-15)20-23-21(31-26-20)16(2)28-11-13-29(14-12-28)22(30)18-9-10-19(25-24-18)27(3)4/h5-10,16H,11-14H2,1-4H3. The van der Waals surface area contributed by atoms with Crippen LogP contribution in [-0.2, 0) is 0 Å². The number of hydrogen-bond donors (Lipinski definition) is 0. The Labute approximate surface area is 181 Å². The van der Waals surface area contributed by atoms with Crippen LogP contribution in [0.4, 0.5) is 5.82 Å². The van der Waals surface area contributed by atoms with E-state index in [9.17, 15) is 4.79 Å². The van der Waals surface area contributed by atoms with Crippen LogP contribution in [-0.4, -0.2) is 76.3 Å². The fourth-order valence-corrected chi connectivity index (χ4v) is 3.53. The Balaban J connectivity index is 1.36. The van der Waals surface area contributed by atoms with E-state index in [0.29, 0.717) is 30.5 Å². The number of anilines is 1. The van der Waals surface area contributed by atoms with Crippen molar-refractivity contribution in [1.82, 2.24) is 30.1 Å². The summed E-state index contributed by atoms with van der Waals surface area (Å²) in [7, 11) is 3.78. The van der Waals surface area contributed by atoms with Gasteiger partial charge in [-0.25, -0.2) is 0 Å². The molecule has 1 atom stereocenters. The summed E-state index contributed by atoms with van der Waals surface area (Å²) in [5.41, 5.74) is 2.49. The molecule has 1 unspecified atom stereocenters. The highest BCUT2D eigenvalue weighted by Gasteiger charge is 2.28. The van der Waals surface area contributed by atoms with E-state index in [-0.39, 0.29) is 11.9 Å². The second-order valence-electron chi connectivity index (χ2n) is 8.00. The van der Waals surface area contributed by atoms with Crippen LogP contribution in [0.2, 0.25) is 0 Å². The lowest BCUT2D eigenvalue weighted by atomic mass is 10.1. The average Bonchev–Trinajstić information content (AvgIpc) is 3.29. The minimum atomic E-state index is -0.0930. The molecule has 0 radical (unpaired) electrons. The van der Waals surface area contributed by atoms with Gasteiger partial charge in [0.2, 0.25) is 11.7 Å². The molecule has 9 heteroatoms. The first-order valence-corrected chi connectivity index (χ1v) is 10.4. The molecule has 0 N–H and O–H groups in total. The molecule has 1 aromatic carbocycles. The third-order valence-electron chi connectivity index (χ3n) is 5.59.